The molecule has 2 heteroatoms. The highest BCUT2D eigenvalue weighted by atomic mass is 16.1. The molecule has 0 aromatic heterocycles. The van der Waals surface area contributed by atoms with E-state index < -0.39 is 0 Å². The molecule has 2 nitrogen and oxygen atoms in total. The van der Waals surface area contributed by atoms with Crippen molar-refractivity contribution in [3.63, 3.8) is 0 Å². The van der Waals surface area contributed by atoms with Crippen LogP contribution < -0.4 is 5.32 Å². The average molecular weight is 235 g/mol. The Morgan fingerprint density at radius 2 is 1.88 bits per heavy atom. The Bertz CT molecular complexity index is 277. The van der Waals surface area contributed by atoms with E-state index in [1.54, 1.807) is 12.2 Å². The van der Waals surface area contributed by atoms with Gasteiger partial charge in [-0.05, 0) is 12.3 Å². The predicted octanol–water partition coefficient (Wildman–Crippen LogP) is 3.62. The summed E-state index contributed by atoms with van der Waals surface area (Å²) in [5.74, 6) is 0.521. The number of nitrogens with one attached hydrogen (secondary N) is 1. The predicted molar refractivity (Wildman–Crippen MR) is 74.8 cm³/mol. The molecular formula is C15H25NO. The number of rotatable bonds is 8. The molecule has 0 aromatic rings. The molecule has 0 radical (unpaired) electrons. The molecule has 17 heavy (non-hydrogen) atoms. The van der Waals surface area contributed by atoms with Gasteiger partial charge in [0.15, 0.2) is 0 Å². The highest BCUT2D eigenvalue weighted by molar-refractivity contribution is 5.87. The summed E-state index contributed by atoms with van der Waals surface area (Å²) in [5, 5.41) is 2.87. The minimum atomic E-state index is -0.0208. The molecule has 0 aliphatic rings. The minimum absolute atomic E-state index is 0.0208. The number of hydrogen-bond donors (Lipinski definition) is 1. The monoisotopic (exact) mass is 235 g/mol. The fourth-order valence-corrected chi connectivity index (χ4v) is 1.09. The molecule has 0 rings (SSSR count). The summed E-state index contributed by atoms with van der Waals surface area (Å²) >= 11 is 0. The summed E-state index contributed by atoms with van der Waals surface area (Å²) in [6, 6.07) is 0. The third-order valence-electron chi connectivity index (χ3n) is 2.49. The summed E-state index contributed by atoms with van der Waals surface area (Å²) in [7, 11) is 0. The van der Waals surface area contributed by atoms with Crippen molar-refractivity contribution in [2.45, 2.75) is 40.0 Å². The molecule has 0 saturated heterocycles. The molecule has 0 spiro atoms. The van der Waals surface area contributed by atoms with Crippen LogP contribution in [0.2, 0.25) is 0 Å². The number of hydrogen-bond acceptors (Lipinski definition) is 1. The van der Waals surface area contributed by atoms with Gasteiger partial charge < -0.3 is 5.32 Å². The standard InChI is InChI=1S/C15H25NO/c1-4-6-7-8-9-10-11-12-15(17)16-13-14(3)5-2/h7-12,14H,4-6,13H2,1-3H3,(H,16,17)/b8-7-,10-9+,12-11+/t14-/m1/s1. The fourth-order valence-electron chi connectivity index (χ4n) is 1.09. The van der Waals surface area contributed by atoms with Gasteiger partial charge in [-0.2, -0.15) is 0 Å². The fraction of sp³-hybridized carbons (Fsp3) is 0.533. The van der Waals surface area contributed by atoms with E-state index in [1.165, 1.54) is 0 Å². The maximum Gasteiger partial charge on any atom is 0.243 e. The van der Waals surface area contributed by atoms with Gasteiger partial charge in [0.05, 0.1) is 0 Å². The molecule has 0 fully saturated rings. The molecule has 0 bridgehead atoms. The maximum atomic E-state index is 11.3. The third kappa shape index (κ3) is 11.0. The van der Waals surface area contributed by atoms with Gasteiger partial charge in [-0.25, -0.2) is 0 Å². The van der Waals surface area contributed by atoms with Crippen LogP contribution in [0.1, 0.15) is 40.0 Å². The van der Waals surface area contributed by atoms with Gasteiger partial charge in [0.25, 0.3) is 0 Å². The molecule has 96 valence electrons. The third-order valence-corrected chi connectivity index (χ3v) is 2.49. The summed E-state index contributed by atoms with van der Waals surface area (Å²) in [5.41, 5.74) is 0. The van der Waals surface area contributed by atoms with E-state index in [9.17, 15) is 4.79 Å². The van der Waals surface area contributed by atoms with E-state index >= 15 is 0 Å². The van der Waals surface area contributed by atoms with Crippen molar-refractivity contribution in [1.82, 2.24) is 5.32 Å². The molecule has 0 aromatic carbocycles. The number of allylic oxidation sites excluding steroid dienone is 5. The second-order valence-electron chi connectivity index (χ2n) is 4.22. The lowest BCUT2D eigenvalue weighted by Gasteiger charge is -2.07. The number of unbranched alkanes of at least 4 members (excludes halogenated alkanes) is 1. The van der Waals surface area contributed by atoms with Crippen LogP contribution in [0, 0.1) is 5.92 Å². The quantitative estimate of drug-likeness (QED) is 0.505. The zero-order valence-electron chi connectivity index (χ0n) is 11.3. The van der Waals surface area contributed by atoms with Gasteiger partial charge in [0.1, 0.15) is 0 Å². The second kappa shape index (κ2) is 11.2. The first-order valence-corrected chi connectivity index (χ1v) is 6.48. The normalized spacial score (nSPS) is 13.8. The largest absolute Gasteiger partial charge is 0.352 e. The zero-order valence-corrected chi connectivity index (χ0v) is 11.3. The van der Waals surface area contributed by atoms with Crippen molar-refractivity contribution in [3.8, 4) is 0 Å². The Kier molecular flexibility index (Phi) is 10.3. The van der Waals surface area contributed by atoms with Gasteiger partial charge in [0.2, 0.25) is 5.91 Å². The molecule has 0 aliphatic heterocycles. The average Bonchev–Trinajstić information content (AvgIpc) is 2.34. The van der Waals surface area contributed by atoms with Gasteiger partial charge in [-0.15, -0.1) is 0 Å². The van der Waals surface area contributed by atoms with E-state index in [0.717, 1.165) is 25.8 Å². The number of carbonyl (C=O) groups is 1. The smallest absolute Gasteiger partial charge is 0.243 e. The maximum absolute atomic E-state index is 11.3. The Morgan fingerprint density at radius 1 is 1.18 bits per heavy atom. The molecule has 0 heterocycles. The van der Waals surface area contributed by atoms with E-state index in [1.807, 2.05) is 18.2 Å². The first-order chi connectivity index (χ1) is 8.20. The molecule has 0 aliphatic carbocycles. The van der Waals surface area contributed by atoms with Gasteiger partial charge >= 0.3 is 0 Å². The van der Waals surface area contributed by atoms with Gasteiger partial charge in [0, 0.05) is 12.6 Å². The van der Waals surface area contributed by atoms with Gasteiger partial charge in [-0.1, -0.05) is 64.0 Å². The van der Waals surface area contributed by atoms with Crippen molar-refractivity contribution in [3.05, 3.63) is 36.5 Å². The minimum Gasteiger partial charge on any atom is -0.352 e. The van der Waals surface area contributed by atoms with E-state index in [4.69, 9.17) is 0 Å². The van der Waals surface area contributed by atoms with E-state index in [2.05, 4.69) is 32.2 Å². The van der Waals surface area contributed by atoms with Crippen molar-refractivity contribution in [1.29, 1.82) is 0 Å². The molecule has 1 N–H and O–H groups in total. The van der Waals surface area contributed by atoms with Crippen LogP contribution in [0.3, 0.4) is 0 Å². The summed E-state index contributed by atoms with van der Waals surface area (Å²) < 4.78 is 0. The highest BCUT2D eigenvalue weighted by Crippen LogP contribution is 1.96. The first-order valence-electron chi connectivity index (χ1n) is 6.48. The Labute approximate surface area is 105 Å². The first kappa shape index (κ1) is 15.7. The molecular weight excluding hydrogens is 210 g/mol. The number of amides is 1. The summed E-state index contributed by atoms with van der Waals surface area (Å²) in [4.78, 5) is 11.3. The van der Waals surface area contributed by atoms with Crippen LogP contribution in [-0.2, 0) is 4.79 Å². The lowest BCUT2D eigenvalue weighted by molar-refractivity contribution is -0.116. The van der Waals surface area contributed by atoms with Crippen LogP contribution >= 0.6 is 0 Å². The second-order valence-corrected chi connectivity index (χ2v) is 4.22. The van der Waals surface area contributed by atoms with Gasteiger partial charge in [-0.3, -0.25) is 4.79 Å². The Morgan fingerprint density at radius 3 is 2.53 bits per heavy atom. The summed E-state index contributed by atoms with van der Waals surface area (Å²) in [6.45, 7) is 7.15. The van der Waals surface area contributed by atoms with E-state index in [0.29, 0.717) is 5.92 Å². The van der Waals surface area contributed by atoms with Crippen molar-refractivity contribution >= 4 is 5.91 Å². The van der Waals surface area contributed by atoms with Crippen molar-refractivity contribution in [2.24, 2.45) is 5.92 Å². The van der Waals surface area contributed by atoms with Crippen LogP contribution in [0.25, 0.3) is 0 Å². The lowest BCUT2D eigenvalue weighted by Crippen LogP contribution is -2.26. The number of carbonyl (C=O) groups excluding carboxylic acids is 1. The van der Waals surface area contributed by atoms with E-state index in [-0.39, 0.29) is 5.91 Å². The van der Waals surface area contributed by atoms with Crippen LogP contribution in [0.5, 0.6) is 0 Å². The Balaban J connectivity index is 3.73. The molecule has 1 atom stereocenters. The molecule has 0 unspecified atom stereocenters. The summed E-state index contributed by atoms with van der Waals surface area (Å²) in [6.07, 6.45) is 14.6. The van der Waals surface area contributed by atoms with Crippen molar-refractivity contribution in [2.75, 3.05) is 6.54 Å². The van der Waals surface area contributed by atoms with Crippen molar-refractivity contribution < 1.29 is 4.79 Å². The zero-order chi connectivity index (χ0) is 12.9. The highest BCUT2D eigenvalue weighted by Gasteiger charge is 1.99. The van der Waals surface area contributed by atoms with Crippen LogP contribution in [0.4, 0.5) is 0 Å². The van der Waals surface area contributed by atoms with Crippen LogP contribution in [-0.4, -0.2) is 12.5 Å². The Hall–Kier alpha value is -1.31. The van der Waals surface area contributed by atoms with Crippen LogP contribution in [0.15, 0.2) is 36.5 Å². The SMILES string of the molecule is CCC\C=C/C=C/C=C/C(=O)NC[C@H](C)CC. The molecule has 1 amide bonds. The molecule has 0 saturated carbocycles. The lowest BCUT2D eigenvalue weighted by atomic mass is 10.1. The topological polar surface area (TPSA) is 29.1 Å².